The number of ether oxygens (including phenoxy) is 1. The minimum Gasteiger partial charge on any atom is -0.381 e. The number of halogens is 3. The highest BCUT2D eigenvalue weighted by Gasteiger charge is 2.44. The van der Waals surface area contributed by atoms with E-state index in [1.807, 2.05) is 6.92 Å². The van der Waals surface area contributed by atoms with E-state index in [2.05, 4.69) is 10.0 Å². The zero-order chi connectivity index (χ0) is 23.8. The monoisotopic (exact) mass is 487 g/mol. The zero-order valence-electron chi connectivity index (χ0n) is 19.1. The number of fused-ring (bicyclic) bond motifs is 1. The fraction of sp³-hybridized carbons (Fsp3) is 0.696. The summed E-state index contributed by atoms with van der Waals surface area (Å²) < 4.78 is 60.2. The van der Waals surface area contributed by atoms with Gasteiger partial charge in [-0.1, -0.05) is 6.92 Å². The molecule has 3 aliphatic rings. The highest BCUT2D eigenvalue weighted by molar-refractivity contribution is 7.85. The van der Waals surface area contributed by atoms with Crippen LogP contribution in [0.5, 0.6) is 0 Å². The topological polar surface area (TPSA) is 70.7 Å². The molecule has 33 heavy (non-hydrogen) atoms. The zero-order valence-corrected chi connectivity index (χ0v) is 19.9. The number of rotatable bonds is 5. The van der Waals surface area contributed by atoms with Crippen molar-refractivity contribution in [1.29, 1.82) is 0 Å². The van der Waals surface area contributed by atoms with Crippen molar-refractivity contribution in [3.8, 4) is 0 Å². The minimum atomic E-state index is -4.52. The summed E-state index contributed by atoms with van der Waals surface area (Å²) in [7, 11) is -1.50. The van der Waals surface area contributed by atoms with Gasteiger partial charge in [0, 0.05) is 50.1 Å². The molecule has 0 bridgehead atoms. The average Bonchev–Trinajstić information content (AvgIpc) is 3.14. The van der Waals surface area contributed by atoms with Crippen molar-refractivity contribution in [2.75, 3.05) is 30.7 Å². The molecule has 2 aliphatic heterocycles. The Hall–Kier alpha value is -1.65. The summed E-state index contributed by atoms with van der Waals surface area (Å²) in [5, 5.41) is 3.68. The van der Waals surface area contributed by atoms with E-state index in [9.17, 15) is 22.2 Å². The molecule has 1 saturated heterocycles. The Morgan fingerprint density at radius 2 is 1.94 bits per heavy atom. The summed E-state index contributed by atoms with van der Waals surface area (Å²) >= 11 is 0. The van der Waals surface area contributed by atoms with Gasteiger partial charge in [-0.25, -0.2) is 4.21 Å². The second-order valence-electron chi connectivity index (χ2n) is 9.75. The lowest BCUT2D eigenvalue weighted by Crippen LogP contribution is -2.45. The van der Waals surface area contributed by atoms with E-state index in [-0.39, 0.29) is 24.2 Å². The van der Waals surface area contributed by atoms with E-state index in [1.165, 1.54) is 6.26 Å². The standard InChI is InChI=1S/C23H32F3N3O3S/c1-22(7-3-18(13-22)27-17-5-9-32-10-6-17)21(30)29-8-4-19-15(14-29)11-16(23(24,25)26)12-20(19)28-33(2)31/h11-12,17-18,27-28H,3-10,13-14H2,1-2H3. The van der Waals surface area contributed by atoms with Crippen molar-refractivity contribution >= 4 is 22.6 Å². The molecule has 1 saturated carbocycles. The largest absolute Gasteiger partial charge is 0.416 e. The summed E-state index contributed by atoms with van der Waals surface area (Å²) in [5.74, 6) is 0.00964. The van der Waals surface area contributed by atoms with E-state index in [0.717, 1.165) is 57.5 Å². The molecule has 1 aliphatic carbocycles. The molecular formula is C23H32F3N3O3S. The van der Waals surface area contributed by atoms with Crippen LogP contribution in [0.25, 0.3) is 0 Å². The molecule has 2 N–H and O–H groups in total. The molecule has 2 fully saturated rings. The Balaban J connectivity index is 1.48. The number of nitrogens with zero attached hydrogens (tertiary/aromatic N) is 1. The van der Waals surface area contributed by atoms with Gasteiger partial charge in [-0.15, -0.1) is 0 Å². The van der Waals surface area contributed by atoms with E-state index in [1.54, 1.807) is 4.90 Å². The molecule has 10 heteroatoms. The first-order valence-electron chi connectivity index (χ1n) is 11.5. The fourth-order valence-corrected chi connectivity index (χ4v) is 5.93. The van der Waals surface area contributed by atoms with E-state index < -0.39 is 28.1 Å². The third-order valence-electron chi connectivity index (χ3n) is 7.15. The maximum absolute atomic E-state index is 13.5. The summed E-state index contributed by atoms with van der Waals surface area (Å²) in [4.78, 5) is 15.2. The maximum atomic E-state index is 13.5. The van der Waals surface area contributed by atoms with E-state index in [0.29, 0.717) is 30.1 Å². The van der Waals surface area contributed by atoms with Crippen molar-refractivity contribution in [3.05, 3.63) is 28.8 Å². The third-order valence-corrected chi connectivity index (χ3v) is 7.66. The van der Waals surface area contributed by atoms with Gasteiger partial charge in [0.05, 0.1) is 11.3 Å². The highest BCUT2D eigenvalue weighted by atomic mass is 32.2. The molecule has 6 nitrogen and oxygen atoms in total. The van der Waals surface area contributed by atoms with Crippen LogP contribution in [0.3, 0.4) is 0 Å². The number of benzene rings is 1. The number of carbonyl (C=O) groups excluding carboxylic acids is 1. The van der Waals surface area contributed by atoms with Crippen molar-refractivity contribution in [3.63, 3.8) is 0 Å². The second kappa shape index (κ2) is 9.54. The Morgan fingerprint density at radius 1 is 1.21 bits per heavy atom. The van der Waals surface area contributed by atoms with Crippen LogP contribution in [-0.2, 0) is 39.7 Å². The number of nitrogens with one attached hydrogen (secondary N) is 2. The Bertz CT molecular complexity index is 920. The Labute approximate surface area is 195 Å². The normalized spacial score (nSPS) is 27.3. The van der Waals surface area contributed by atoms with E-state index >= 15 is 0 Å². The average molecular weight is 488 g/mol. The van der Waals surface area contributed by atoms with Crippen LogP contribution in [0.15, 0.2) is 12.1 Å². The van der Waals surface area contributed by atoms with Gasteiger partial charge in [0.15, 0.2) is 0 Å². The summed E-state index contributed by atoms with van der Waals surface area (Å²) in [6, 6.07) is 2.83. The first-order valence-corrected chi connectivity index (χ1v) is 13.1. The van der Waals surface area contributed by atoms with Crippen LogP contribution in [0.2, 0.25) is 0 Å². The molecule has 0 spiro atoms. The molecular weight excluding hydrogens is 455 g/mol. The Morgan fingerprint density at radius 3 is 2.61 bits per heavy atom. The maximum Gasteiger partial charge on any atom is 0.416 e. The molecule has 0 radical (unpaired) electrons. The lowest BCUT2D eigenvalue weighted by Gasteiger charge is -2.36. The molecule has 3 unspecified atom stereocenters. The van der Waals surface area contributed by atoms with Gasteiger partial charge in [-0.3, -0.25) is 4.79 Å². The molecule has 3 atom stereocenters. The van der Waals surface area contributed by atoms with Crippen LogP contribution < -0.4 is 10.0 Å². The number of amides is 1. The van der Waals surface area contributed by atoms with Gasteiger partial charge in [0.1, 0.15) is 11.0 Å². The number of hydrogen-bond donors (Lipinski definition) is 2. The third kappa shape index (κ3) is 5.54. The van der Waals surface area contributed by atoms with Gasteiger partial charge in [0.2, 0.25) is 5.91 Å². The summed E-state index contributed by atoms with van der Waals surface area (Å²) in [6.45, 7) is 4.08. The van der Waals surface area contributed by atoms with Crippen LogP contribution in [0.1, 0.15) is 55.7 Å². The number of carbonyl (C=O) groups is 1. The smallest absolute Gasteiger partial charge is 0.381 e. The molecule has 4 rings (SSSR count). The van der Waals surface area contributed by atoms with Crippen LogP contribution >= 0.6 is 0 Å². The van der Waals surface area contributed by atoms with Crippen molar-refractivity contribution in [1.82, 2.24) is 10.2 Å². The lowest BCUT2D eigenvalue weighted by atomic mass is 9.85. The molecule has 1 aromatic rings. The van der Waals surface area contributed by atoms with E-state index in [4.69, 9.17) is 4.74 Å². The van der Waals surface area contributed by atoms with Gasteiger partial charge in [-0.05, 0) is 61.8 Å². The summed E-state index contributed by atoms with van der Waals surface area (Å²) in [5.41, 5.74) is 0.0964. The highest BCUT2D eigenvalue weighted by Crippen LogP contribution is 2.42. The summed E-state index contributed by atoms with van der Waals surface area (Å²) in [6.07, 6.45) is 1.66. The molecule has 0 aromatic heterocycles. The molecule has 1 amide bonds. The van der Waals surface area contributed by atoms with Crippen LogP contribution in [0.4, 0.5) is 18.9 Å². The second-order valence-corrected chi connectivity index (χ2v) is 10.9. The van der Waals surface area contributed by atoms with Gasteiger partial charge < -0.3 is 19.7 Å². The van der Waals surface area contributed by atoms with Crippen LogP contribution in [0, 0.1) is 5.41 Å². The SMILES string of the molecule is CS(=O)Nc1cc(C(F)(F)F)cc2c1CCN(C(=O)C1(C)CCC(NC3CCOCC3)C1)C2. The predicted octanol–water partition coefficient (Wildman–Crippen LogP) is 3.62. The van der Waals surface area contributed by atoms with Gasteiger partial charge >= 0.3 is 6.18 Å². The van der Waals surface area contributed by atoms with Crippen molar-refractivity contribution in [2.24, 2.45) is 5.41 Å². The quantitative estimate of drug-likeness (QED) is 0.666. The number of anilines is 1. The lowest BCUT2D eigenvalue weighted by molar-refractivity contribution is -0.142. The molecule has 1 aromatic carbocycles. The first-order chi connectivity index (χ1) is 15.5. The van der Waals surface area contributed by atoms with Crippen molar-refractivity contribution in [2.45, 2.75) is 70.3 Å². The fourth-order valence-electron chi connectivity index (χ4n) is 5.44. The number of hydrogen-bond acceptors (Lipinski definition) is 4. The molecule has 2 heterocycles. The first kappa shape index (κ1) is 24.5. The van der Waals surface area contributed by atoms with Gasteiger partial charge in [0.25, 0.3) is 0 Å². The van der Waals surface area contributed by atoms with Crippen LogP contribution in [-0.4, -0.2) is 53.1 Å². The molecule has 184 valence electrons. The van der Waals surface area contributed by atoms with Gasteiger partial charge in [-0.2, -0.15) is 13.2 Å². The number of alkyl halides is 3. The van der Waals surface area contributed by atoms with Crippen molar-refractivity contribution < 1.29 is 26.9 Å². The minimum absolute atomic E-state index is 0.00964. The predicted molar refractivity (Wildman–Crippen MR) is 121 cm³/mol. The Kier molecular flexibility index (Phi) is 7.08.